The van der Waals surface area contributed by atoms with Gasteiger partial charge in [0.05, 0.1) is 38.5 Å². The van der Waals surface area contributed by atoms with Crippen LogP contribution in [0.3, 0.4) is 0 Å². The van der Waals surface area contributed by atoms with Gasteiger partial charge in [-0.25, -0.2) is 9.97 Å². The van der Waals surface area contributed by atoms with Crippen LogP contribution in [0.25, 0.3) is 55.3 Å². The van der Waals surface area contributed by atoms with Gasteiger partial charge in [-0.15, -0.1) is 11.3 Å². The lowest BCUT2D eigenvalue weighted by atomic mass is 9.85. The molecule has 6 aromatic rings. The van der Waals surface area contributed by atoms with E-state index in [0.717, 1.165) is 61.8 Å². The number of halogens is 1. The van der Waals surface area contributed by atoms with E-state index in [9.17, 15) is 4.79 Å². The van der Waals surface area contributed by atoms with Crippen molar-refractivity contribution in [2.45, 2.75) is 19.3 Å². The van der Waals surface area contributed by atoms with Crippen LogP contribution in [0, 0.1) is 5.92 Å². The van der Waals surface area contributed by atoms with Crippen molar-refractivity contribution in [1.82, 2.24) is 30.1 Å². The van der Waals surface area contributed by atoms with Crippen LogP contribution in [0.15, 0.2) is 60.9 Å². The number of benzene rings is 1. The van der Waals surface area contributed by atoms with Crippen LogP contribution in [0.2, 0.25) is 4.34 Å². The van der Waals surface area contributed by atoms with Gasteiger partial charge in [-0.3, -0.25) is 14.9 Å². The second-order valence-corrected chi connectivity index (χ2v) is 10.9. The van der Waals surface area contributed by atoms with Gasteiger partial charge in [0.15, 0.2) is 11.5 Å². The molecule has 0 bridgehead atoms. The van der Waals surface area contributed by atoms with E-state index >= 15 is 0 Å². The maximum Gasteiger partial charge on any atom is 0.227 e. The number of H-pyrrole nitrogens is 2. The third-order valence-electron chi connectivity index (χ3n) is 6.76. The number of carbonyl (C=O) groups excluding carboxylic acids is 1. The Morgan fingerprint density at radius 3 is 2.76 bits per heavy atom. The highest BCUT2D eigenvalue weighted by molar-refractivity contribution is 7.19. The molecular weight excluding hydrogens is 506 g/mol. The van der Waals surface area contributed by atoms with Crippen LogP contribution < -0.4 is 5.32 Å². The van der Waals surface area contributed by atoms with E-state index < -0.39 is 0 Å². The van der Waals surface area contributed by atoms with Crippen molar-refractivity contribution in [3.05, 3.63) is 65.3 Å². The SMILES string of the molecule is O=C(Nc1cncc(-c2ccc3[nH]nc(-c4nc5c(-c6ccc(Cl)s6)cccc5[nH]4)c3n2)c1)C1CCC1. The van der Waals surface area contributed by atoms with Gasteiger partial charge in [0.2, 0.25) is 5.91 Å². The smallest absolute Gasteiger partial charge is 0.227 e. The van der Waals surface area contributed by atoms with E-state index in [1.165, 1.54) is 11.3 Å². The molecule has 10 heteroatoms. The quantitative estimate of drug-likeness (QED) is 0.232. The van der Waals surface area contributed by atoms with Crippen LogP contribution in [-0.2, 0) is 4.79 Å². The van der Waals surface area contributed by atoms with Crippen molar-refractivity contribution >= 4 is 56.6 Å². The number of fused-ring (bicyclic) bond motifs is 2. The summed E-state index contributed by atoms with van der Waals surface area (Å²) in [6.07, 6.45) is 6.42. The number of hydrogen-bond donors (Lipinski definition) is 3. The Bertz CT molecular complexity index is 1800. The molecule has 1 amide bonds. The zero-order valence-electron chi connectivity index (χ0n) is 19.5. The third kappa shape index (κ3) is 3.96. The minimum absolute atomic E-state index is 0.0554. The van der Waals surface area contributed by atoms with Gasteiger partial charge < -0.3 is 10.3 Å². The standard InChI is InChI=1S/C27H20ClN7OS/c28-22-10-9-21(37-22)17-5-2-6-19-23(17)33-26(32-19)25-24-20(34-35-25)8-7-18(31-24)15-11-16(13-29-12-15)30-27(36)14-3-1-4-14/h2,5-14H,1,3-4H2,(H,30,36)(H,32,33)(H,34,35). The highest BCUT2D eigenvalue weighted by atomic mass is 35.5. The number of amides is 1. The average molecular weight is 526 g/mol. The number of imidazole rings is 1. The molecule has 182 valence electrons. The highest BCUT2D eigenvalue weighted by Gasteiger charge is 2.25. The Morgan fingerprint density at radius 2 is 1.95 bits per heavy atom. The number of rotatable bonds is 5. The molecule has 1 saturated carbocycles. The molecule has 5 heterocycles. The van der Waals surface area contributed by atoms with Gasteiger partial charge in [0.1, 0.15) is 5.52 Å². The van der Waals surface area contributed by atoms with Crippen molar-refractivity contribution in [1.29, 1.82) is 0 Å². The summed E-state index contributed by atoms with van der Waals surface area (Å²) in [7, 11) is 0. The maximum atomic E-state index is 12.4. The van der Waals surface area contributed by atoms with Gasteiger partial charge in [0, 0.05) is 28.1 Å². The summed E-state index contributed by atoms with van der Waals surface area (Å²) in [5.74, 6) is 0.785. The molecule has 0 radical (unpaired) electrons. The molecule has 0 saturated heterocycles. The fraction of sp³-hybridized carbons (Fsp3) is 0.148. The number of aromatic amines is 2. The fourth-order valence-corrected chi connectivity index (χ4v) is 5.66. The molecular formula is C27H20ClN7OS. The summed E-state index contributed by atoms with van der Waals surface area (Å²) in [6.45, 7) is 0. The summed E-state index contributed by atoms with van der Waals surface area (Å²) >= 11 is 7.70. The number of pyridine rings is 2. The van der Waals surface area contributed by atoms with Gasteiger partial charge >= 0.3 is 0 Å². The highest BCUT2D eigenvalue weighted by Crippen LogP contribution is 2.36. The summed E-state index contributed by atoms with van der Waals surface area (Å²) < 4.78 is 0.735. The number of para-hydroxylation sites is 1. The number of nitrogens with zero attached hydrogens (tertiary/aromatic N) is 4. The fourth-order valence-electron chi connectivity index (χ4n) is 4.59. The Labute approximate surface area is 220 Å². The topological polar surface area (TPSA) is 112 Å². The number of carbonyl (C=O) groups is 1. The van der Waals surface area contributed by atoms with Crippen molar-refractivity contribution in [3.63, 3.8) is 0 Å². The van der Waals surface area contributed by atoms with Crippen LogP contribution in [0.1, 0.15) is 19.3 Å². The molecule has 1 aromatic carbocycles. The number of nitrogens with one attached hydrogen (secondary N) is 3. The molecule has 1 aliphatic carbocycles. The number of hydrogen-bond acceptors (Lipinski definition) is 6. The van der Waals surface area contributed by atoms with E-state index in [-0.39, 0.29) is 11.8 Å². The van der Waals surface area contributed by atoms with E-state index in [1.807, 2.05) is 48.5 Å². The van der Waals surface area contributed by atoms with E-state index in [2.05, 4.69) is 25.5 Å². The lowest BCUT2D eigenvalue weighted by Crippen LogP contribution is -2.28. The van der Waals surface area contributed by atoms with Crippen molar-refractivity contribution < 1.29 is 4.79 Å². The molecule has 7 rings (SSSR count). The lowest BCUT2D eigenvalue weighted by Gasteiger charge is -2.24. The first-order valence-electron chi connectivity index (χ1n) is 12.0. The summed E-state index contributed by atoms with van der Waals surface area (Å²) in [5, 5.41) is 10.6. The molecule has 0 atom stereocenters. The maximum absolute atomic E-state index is 12.4. The summed E-state index contributed by atoms with van der Waals surface area (Å²) in [5.41, 5.74) is 7.10. The van der Waals surface area contributed by atoms with E-state index in [4.69, 9.17) is 21.6 Å². The lowest BCUT2D eigenvalue weighted by molar-refractivity contribution is -0.122. The Balaban J connectivity index is 1.26. The Morgan fingerprint density at radius 1 is 1.03 bits per heavy atom. The first kappa shape index (κ1) is 22.1. The Kier molecular flexibility index (Phi) is 5.26. The van der Waals surface area contributed by atoms with Crippen molar-refractivity contribution in [2.75, 3.05) is 5.32 Å². The van der Waals surface area contributed by atoms with Crippen molar-refractivity contribution in [2.24, 2.45) is 5.92 Å². The van der Waals surface area contributed by atoms with Crippen LogP contribution >= 0.6 is 22.9 Å². The molecule has 37 heavy (non-hydrogen) atoms. The second-order valence-electron chi connectivity index (χ2n) is 9.14. The zero-order chi connectivity index (χ0) is 24.9. The summed E-state index contributed by atoms with van der Waals surface area (Å²) in [6, 6.07) is 15.7. The Hall–Kier alpha value is -4.08. The van der Waals surface area contributed by atoms with Gasteiger partial charge in [0.25, 0.3) is 0 Å². The van der Waals surface area contributed by atoms with Crippen LogP contribution in [0.5, 0.6) is 0 Å². The van der Waals surface area contributed by atoms with Gasteiger partial charge in [-0.1, -0.05) is 30.2 Å². The van der Waals surface area contributed by atoms with Crippen LogP contribution in [0.4, 0.5) is 5.69 Å². The molecule has 3 N–H and O–H groups in total. The predicted molar refractivity (Wildman–Crippen MR) is 147 cm³/mol. The number of thiophene rings is 1. The van der Waals surface area contributed by atoms with E-state index in [1.54, 1.807) is 12.4 Å². The minimum atomic E-state index is 0.0554. The predicted octanol–water partition coefficient (Wildman–Crippen LogP) is 6.68. The molecule has 5 aromatic heterocycles. The van der Waals surface area contributed by atoms with Gasteiger partial charge in [-0.2, -0.15) is 5.10 Å². The summed E-state index contributed by atoms with van der Waals surface area (Å²) in [4.78, 5) is 31.0. The normalized spacial score (nSPS) is 13.8. The molecule has 0 aliphatic heterocycles. The van der Waals surface area contributed by atoms with Gasteiger partial charge in [-0.05, 0) is 49.2 Å². The van der Waals surface area contributed by atoms with Crippen molar-refractivity contribution in [3.8, 4) is 33.2 Å². The first-order valence-corrected chi connectivity index (χ1v) is 13.2. The minimum Gasteiger partial charge on any atom is -0.336 e. The molecule has 1 fully saturated rings. The van der Waals surface area contributed by atoms with E-state index in [0.29, 0.717) is 22.7 Å². The largest absolute Gasteiger partial charge is 0.336 e. The number of anilines is 1. The molecule has 8 nitrogen and oxygen atoms in total. The van der Waals surface area contributed by atoms with Crippen LogP contribution in [-0.4, -0.2) is 36.0 Å². The third-order valence-corrected chi connectivity index (χ3v) is 8.03. The first-order chi connectivity index (χ1) is 18.1. The second kappa shape index (κ2) is 8.79. The molecule has 1 aliphatic rings. The molecule has 0 unspecified atom stereocenters. The average Bonchev–Trinajstić information content (AvgIpc) is 3.60. The molecule has 0 spiro atoms. The monoisotopic (exact) mass is 525 g/mol. The zero-order valence-corrected chi connectivity index (χ0v) is 21.0. The number of aromatic nitrogens is 6.